The monoisotopic (exact) mass is 287 g/mol. The highest BCUT2D eigenvalue weighted by Gasteiger charge is 2.09. The second-order valence-corrected chi connectivity index (χ2v) is 5.15. The Labute approximate surface area is 124 Å². The minimum atomic E-state index is -0.547. The standard InChI is InChI=1S/C17H21NO3/c1-4-21-16-6-5-14(13(3)19)10-15(16)11-18-8-7-12(2)9-17(18)20/h5-10,13,19H,4,11H2,1-3H3. The Morgan fingerprint density at radius 2 is 2.05 bits per heavy atom. The molecule has 4 heteroatoms. The van der Waals surface area contributed by atoms with Crippen LogP contribution < -0.4 is 10.3 Å². The molecule has 0 saturated carbocycles. The maximum atomic E-state index is 12.0. The minimum absolute atomic E-state index is 0.0418. The fourth-order valence-corrected chi connectivity index (χ4v) is 2.20. The third-order valence-electron chi connectivity index (χ3n) is 3.36. The van der Waals surface area contributed by atoms with Gasteiger partial charge in [-0.15, -0.1) is 0 Å². The number of aliphatic hydroxyl groups is 1. The topological polar surface area (TPSA) is 51.5 Å². The van der Waals surface area contributed by atoms with Crippen LogP contribution in [0.5, 0.6) is 5.75 Å². The summed E-state index contributed by atoms with van der Waals surface area (Å²) in [6.45, 7) is 6.52. The fourth-order valence-electron chi connectivity index (χ4n) is 2.20. The first-order valence-corrected chi connectivity index (χ1v) is 7.12. The van der Waals surface area contributed by atoms with E-state index < -0.39 is 6.10 Å². The van der Waals surface area contributed by atoms with Gasteiger partial charge in [0.05, 0.1) is 19.3 Å². The van der Waals surface area contributed by atoms with E-state index in [0.29, 0.717) is 13.2 Å². The highest BCUT2D eigenvalue weighted by Crippen LogP contribution is 2.24. The number of aryl methyl sites for hydroxylation is 1. The van der Waals surface area contributed by atoms with Gasteiger partial charge in [0.15, 0.2) is 0 Å². The molecule has 1 aromatic carbocycles. The molecule has 0 amide bonds. The van der Waals surface area contributed by atoms with Crippen molar-refractivity contribution >= 4 is 0 Å². The SMILES string of the molecule is CCOc1ccc(C(C)O)cc1Cn1ccc(C)cc1=O. The van der Waals surface area contributed by atoms with Crippen LogP contribution >= 0.6 is 0 Å². The average Bonchev–Trinajstić information content (AvgIpc) is 2.43. The number of rotatable bonds is 5. The smallest absolute Gasteiger partial charge is 0.251 e. The lowest BCUT2D eigenvalue weighted by molar-refractivity contribution is 0.199. The van der Waals surface area contributed by atoms with Crippen molar-refractivity contribution in [1.82, 2.24) is 4.57 Å². The molecular weight excluding hydrogens is 266 g/mol. The molecule has 112 valence electrons. The van der Waals surface area contributed by atoms with Crippen LogP contribution in [0.2, 0.25) is 0 Å². The van der Waals surface area contributed by atoms with Crippen molar-refractivity contribution in [3.05, 3.63) is 63.6 Å². The molecule has 2 rings (SSSR count). The van der Waals surface area contributed by atoms with Gasteiger partial charge in [0.2, 0.25) is 0 Å². The van der Waals surface area contributed by atoms with Crippen molar-refractivity contribution in [2.24, 2.45) is 0 Å². The maximum Gasteiger partial charge on any atom is 0.251 e. The van der Waals surface area contributed by atoms with E-state index in [9.17, 15) is 9.90 Å². The van der Waals surface area contributed by atoms with Crippen molar-refractivity contribution in [3.63, 3.8) is 0 Å². The number of aromatic nitrogens is 1. The Balaban J connectivity index is 2.40. The van der Waals surface area contributed by atoms with E-state index >= 15 is 0 Å². The Morgan fingerprint density at radius 1 is 1.29 bits per heavy atom. The summed E-state index contributed by atoms with van der Waals surface area (Å²) in [4.78, 5) is 12.0. The van der Waals surface area contributed by atoms with Gasteiger partial charge < -0.3 is 14.4 Å². The number of benzene rings is 1. The van der Waals surface area contributed by atoms with Crippen molar-refractivity contribution < 1.29 is 9.84 Å². The van der Waals surface area contributed by atoms with Crippen LogP contribution in [0.1, 0.15) is 36.6 Å². The number of ether oxygens (including phenoxy) is 1. The quantitative estimate of drug-likeness (QED) is 0.920. The van der Waals surface area contributed by atoms with Gasteiger partial charge in [0.25, 0.3) is 5.56 Å². The molecule has 0 spiro atoms. The van der Waals surface area contributed by atoms with Crippen LogP contribution in [0.4, 0.5) is 0 Å². The Kier molecular flexibility index (Phi) is 4.81. The molecule has 0 fully saturated rings. The highest BCUT2D eigenvalue weighted by molar-refractivity contribution is 5.38. The summed E-state index contributed by atoms with van der Waals surface area (Å²) in [5.74, 6) is 0.745. The van der Waals surface area contributed by atoms with E-state index in [1.807, 2.05) is 38.1 Å². The van der Waals surface area contributed by atoms with Crippen molar-refractivity contribution in [2.75, 3.05) is 6.61 Å². The molecule has 0 bridgehead atoms. The molecule has 0 saturated heterocycles. The Hall–Kier alpha value is -2.07. The molecule has 1 atom stereocenters. The summed E-state index contributed by atoms with van der Waals surface area (Å²) in [6, 6.07) is 9.10. The largest absolute Gasteiger partial charge is 0.494 e. The molecule has 2 aromatic rings. The summed E-state index contributed by atoms with van der Waals surface area (Å²) in [7, 11) is 0. The molecular formula is C17H21NO3. The predicted molar refractivity (Wildman–Crippen MR) is 82.8 cm³/mol. The average molecular weight is 287 g/mol. The van der Waals surface area contributed by atoms with Crippen LogP contribution in [0, 0.1) is 6.92 Å². The zero-order chi connectivity index (χ0) is 15.4. The molecule has 1 N–H and O–H groups in total. The van der Waals surface area contributed by atoms with Crippen LogP contribution in [-0.4, -0.2) is 16.3 Å². The maximum absolute atomic E-state index is 12.0. The van der Waals surface area contributed by atoms with E-state index in [0.717, 1.165) is 22.4 Å². The van der Waals surface area contributed by atoms with Gasteiger partial charge >= 0.3 is 0 Å². The zero-order valence-electron chi connectivity index (χ0n) is 12.7. The molecule has 4 nitrogen and oxygen atoms in total. The lowest BCUT2D eigenvalue weighted by atomic mass is 10.1. The normalized spacial score (nSPS) is 12.2. The van der Waals surface area contributed by atoms with E-state index in [1.54, 1.807) is 23.8 Å². The van der Waals surface area contributed by atoms with Gasteiger partial charge in [-0.05, 0) is 50.1 Å². The van der Waals surface area contributed by atoms with Gasteiger partial charge in [0, 0.05) is 17.8 Å². The van der Waals surface area contributed by atoms with Crippen molar-refractivity contribution in [2.45, 2.75) is 33.4 Å². The van der Waals surface area contributed by atoms with Crippen molar-refractivity contribution in [1.29, 1.82) is 0 Å². The molecule has 0 radical (unpaired) electrons. The van der Waals surface area contributed by atoms with Crippen LogP contribution in [0.15, 0.2) is 41.3 Å². The molecule has 1 aromatic heterocycles. The molecule has 1 heterocycles. The third-order valence-corrected chi connectivity index (χ3v) is 3.36. The van der Waals surface area contributed by atoms with Crippen molar-refractivity contribution in [3.8, 4) is 5.75 Å². The molecule has 0 aliphatic carbocycles. The van der Waals surface area contributed by atoms with Crippen LogP contribution in [-0.2, 0) is 6.54 Å². The highest BCUT2D eigenvalue weighted by atomic mass is 16.5. The first kappa shape index (κ1) is 15.3. The third kappa shape index (κ3) is 3.73. The number of pyridine rings is 1. The van der Waals surface area contributed by atoms with E-state index in [2.05, 4.69) is 0 Å². The summed E-state index contributed by atoms with van der Waals surface area (Å²) < 4.78 is 7.25. The van der Waals surface area contributed by atoms with Crippen LogP contribution in [0.3, 0.4) is 0 Å². The molecule has 0 aliphatic rings. The molecule has 0 aliphatic heterocycles. The van der Waals surface area contributed by atoms with E-state index in [-0.39, 0.29) is 5.56 Å². The number of aliphatic hydroxyl groups excluding tert-OH is 1. The van der Waals surface area contributed by atoms with Gasteiger partial charge in [0.1, 0.15) is 5.75 Å². The zero-order valence-corrected chi connectivity index (χ0v) is 12.7. The lowest BCUT2D eigenvalue weighted by Gasteiger charge is -2.14. The summed E-state index contributed by atoms with van der Waals surface area (Å²) >= 11 is 0. The number of hydrogen-bond acceptors (Lipinski definition) is 3. The van der Waals surface area contributed by atoms with Gasteiger partial charge in [-0.2, -0.15) is 0 Å². The Bertz CT molecular complexity index is 674. The van der Waals surface area contributed by atoms with Gasteiger partial charge in [-0.3, -0.25) is 4.79 Å². The van der Waals surface area contributed by atoms with E-state index in [1.165, 1.54) is 0 Å². The van der Waals surface area contributed by atoms with Gasteiger partial charge in [-0.1, -0.05) is 6.07 Å². The summed E-state index contributed by atoms with van der Waals surface area (Å²) in [6.07, 6.45) is 1.23. The predicted octanol–water partition coefficient (Wildman–Crippen LogP) is 2.66. The summed E-state index contributed by atoms with van der Waals surface area (Å²) in [5.41, 5.74) is 2.61. The fraction of sp³-hybridized carbons (Fsp3) is 0.353. The van der Waals surface area contributed by atoms with Gasteiger partial charge in [-0.25, -0.2) is 0 Å². The minimum Gasteiger partial charge on any atom is -0.494 e. The molecule has 1 unspecified atom stereocenters. The second-order valence-electron chi connectivity index (χ2n) is 5.15. The first-order valence-electron chi connectivity index (χ1n) is 7.12. The van der Waals surface area contributed by atoms with E-state index in [4.69, 9.17) is 4.74 Å². The first-order chi connectivity index (χ1) is 10.0. The lowest BCUT2D eigenvalue weighted by Crippen LogP contribution is -2.19. The summed E-state index contributed by atoms with van der Waals surface area (Å²) in [5, 5.41) is 9.72. The Morgan fingerprint density at radius 3 is 2.67 bits per heavy atom. The number of hydrogen-bond donors (Lipinski definition) is 1. The number of nitrogens with zero attached hydrogens (tertiary/aromatic N) is 1. The molecule has 21 heavy (non-hydrogen) atoms. The second kappa shape index (κ2) is 6.59. The van der Waals surface area contributed by atoms with Crippen LogP contribution in [0.25, 0.3) is 0 Å².